The number of hydrogen-bond acceptors (Lipinski definition) is 2. The number of aromatic nitrogens is 2. The van der Waals surface area contributed by atoms with Gasteiger partial charge in [-0.05, 0) is 30.7 Å². The summed E-state index contributed by atoms with van der Waals surface area (Å²) in [5.74, 6) is 0.412. The van der Waals surface area contributed by atoms with Crippen molar-refractivity contribution in [2.24, 2.45) is 0 Å². The number of rotatable bonds is 4. The van der Waals surface area contributed by atoms with Crippen LogP contribution in [0, 0.1) is 6.92 Å². The zero-order valence-electron chi connectivity index (χ0n) is 13.0. The molecule has 24 heavy (non-hydrogen) atoms. The highest BCUT2D eigenvalue weighted by Crippen LogP contribution is 2.26. The van der Waals surface area contributed by atoms with Crippen molar-refractivity contribution in [3.8, 4) is 0 Å². The smallest absolute Gasteiger partial charge is 0.256 e. The summed E-state index contributed by atoms with van der Waals surface area (Å²) in [7, 11) is 0. The molecule has 1 N–H and O–H groups in total. The molecule has 0 aliphatic heterocycles. The van der Waals surface area contributed by atoms with Gasteiger partial charge >= 0.3 is 0 Å². The van der Waals surface area contributed by atoms with Gasteiger partial charge in [0.25, 0.3) is 5.91 Å². The zero-order chi connectivity index (χ0) is 17.1. The second kappa shape index (κ2) is 7.07. The van der Waals surface area contributed by atoms with E-state index in [0.717, 1.165) is 11.1 Å². The van der Waals surface area contributed by atoms with E-state index in [1.165, 1.54) is 0 Å². The summed E-state index contributed by atoms with van der Waals surface area (Å²) in [6, 6.07) is 14.6. The minimum absolute atomic E-state index is 0.183. The lowest BCUT2D eigenvalue weighted by atomic mass is 10.1. The molecule has 0 fully saturated rings. The fourth-order valence-electron chi connectivity index (χ4n) is 2.37. The molecule has 0 saturated carbocycles. The third kappa shape index (κ3) is 3.61. The number of benzene rings is 2. The SMILES string of the molecule is Cc1cccc(C(=O)Nc2ccnn2Cc2cccc(Cl)c2Cl)c1. The Labute approximate surface area is 150 Å². The lowest BCUT2D eigenvalue weighted by Crippen LogP contribution is -2.16. The Balaban J connectivity index is 1.80. The van der Waals surface area contributed by atoms with E-state index in [9.17, 15) is 4.79 Å². The van der Waals surface area contributed by atoms with Gasteiger partial charge < -0.3 is 5.32 Å². The molecule has 0 radical (unpaired) electrons. The van der Waals surface area contributed by atoms with Crippen molar-refractivity contribution in [3.05, 3.63) is 81.5 Å². The Morgan fingerprint density at radius 3 is 2.75 bits per heavy atom. The minimum atomic E-state index is -0.183. The minimum Gasteiger partial charge on any atom is -0.307 e. The largest absolute Gasteiger partial charge is 0.307 e. The van der Waals surface area contributed by atoms with Crippen LogP contribution < -0.4 is 5.32 Å². The molecular weight excluding hydrogens is 345 g/mol. The van der Waals surface area contributed by atoms with Crippen LogP contribution in [0.2, 0.25) is 10.0 Å². The number of amides is 1. The number of hydrogen-bond donors (Lipinski definition) is 1. The van der Waals surface area contributed by atoms with Crippen LogP contribution in [0.25, 0.3) is 0 Å². The number of aryl methyl sites for hydroxylation is 1. The van der Waals surface area contributed by atoms with Gasteiger partial charge in [0.05, 0.1) is 22.8 Å². The number of carbonyl (C=O) groups excluding carboxylic acids is 1. The molecule has 0 atom stereocenters. The maximum absolute atomic E-state index is 12.4. The topological polar surface area (TPSA) is 46.9 Å². The normalized spacial score (nSPS) is 10.6. The highest BCUT2D eigenvalue weighted by Gasteiger charge is 2.12. The molecule has 1 heterocycles. The quantitative estimate of drug-likeness (QED) is 0.727. The Hall–Kier alpha value is -2.30. The van der Waals surface area contributed by atoms with Crippen LogP contribution in [0.3, 0.4) is 0 Å². The lowest BCUT2D eigenvalue weighted by molar-refractivity contribution is 0.102. The number of carbonyl (C=O) groups is 1. The van der Waals surface area contributed by atoms with Crippen LogP contribution in [0.5, 0.6) is 0 Å². The third-order valence-electron chi connectivity index (χ3n) is 3.59. The first-order valence-corrected chi connectivity index (χ1v) is 8.13. The maximum atomic E-state index is 12.4. The summed E-state index contributed by atoms with van der Waals surface area (Å²) >= 11 is 12.3. The van der Waals surface area contributed by atoms with Gasteiger partial charge in [-0.25, -0.2) is 4.68 Å². The summed E-state index contributed by atoms with van der Waals surface area (Å²) < 4.78 is 1.67. The molecule has 0 aliphatic rings. The molecular formula is C18H15Cl2N3O. The first-order valence-electron chi connectivity index (χ1n) is 7.37. The van der Waals surface area contributed by atoms with Gasteiger partial charge in [-0.3, -0.25) is 4.79 Å². The molecule has 1 aromatic heterocycles. The van der Waals surface area contributed by atoms with E-state index in [4.69, 9.17) is 23.2 Å². The average molecular weight is 360 g/mol. The van der Waals surface area contributed by atoms with Crippen molar-refractivity contribution < 1.29 is 4.79 Å². The molecule has 3 rings (SSSR count). The van der Waals surface area contributed by atoms with Crippen molar-refractivity contribution in [1.82, 2.24) is 9.78 Å². The van der Waals surface area contributed by atoms with Crippen molar-refractivity contribution in [2.45, 2.75) is 13.5 Å². The molecule has 4 nitrogen and oxygen atoms in total. The van der Waals surface area contributed by atoms with E-state index in [0.29, 0.717) is 28.0 Å². The molecule has 0 bridgehead atoms. The van der Waals surface area contributed by atoms with E-state index in [1.807, 2.05) is 37.3 Å². The van der Waals surface area contributed by atoms with Gasteiger partial charge in [-0.2, -0.15) is 5.10 Å². The predicted molar refractivity (Wildman–Crippen MR) is 96.9 cm³/mol. The summed E-state index contributed by atoms with van der Waals surface area (Å²) in [5, 5.41) is 8.10. The van der Waals surface area contributed by atoms with Crippen molar-refractivity contribution in [3.63, 3.8) is 0 Å². The highest BCUT2D eigenvalue weighted by atomic mass is 35.5. The number of nitrogens with zero attached hydrogens (tertiary/aromatic N) is 2. The molecule has 0 saturated heterocycles. The Morgan fingerprint density at radius 2 is 1.96 bits per heavy atom. The summed E-state index contributed by atoms with van der Waals surface area (Å²) in [5.41, 5.74) is 2.46. The van der Waals surface area contributed by atoms with Crippen LogP contribution in [0.4, 0.5) is 5.82 Å². The fraction of sp³-hybridized carbons (Fsp3) is 0.111. The summed E-state index contributed by atoms with van der Waals surface area (Å²) in [6.07, 6.45) is 1.63. The van der Waals surface area contributed by atoms with E-state index >= 15 is 0 Å². The van der Waals surface area contributed by atoms with E-state index in [-0.39, 0.29) is 5.91 Å². The second-order valence-corrected chi connectivity index (χ2v) is 6.20. The molecule has 0 aliphatic carbocycles. The van der Waals surface area contributed by atoms with Crippen molar-refractivity contribution in [1.29, 1.82) is 0 Å². The van der Waals surface area contributed by atoms with Gasteiger partial charge in [0.15, 0.2) is 0 Å². The van der Waals surface area contributed by atoms with Crippen molar-refractivity contribution >= 4 is 34.9 Å². The summed E-state index contributed by atoms with van der Waals surface area (Å²) in [6.45, 7) is 2.36. The number of halogens is 2. The van der Waals surface area contributed by atoms with Gasteiger partial charge in [-0.1, -0.05) is 53.0 Å². The second-order valence-electron chi connectivity index (χ2n) is 5.41. The highest BCUT2D eigenvalue weighted by molar-refractivity contribution is 6.42. The third-order valence-corrected chi connectivity index (χ3v) is 4.45. The monoisotopic (exact) mass is 359 g/mol. The van der Waals surface area contributed by atoms with Gasteiger partial charge in [-0.15, -0.1) is 0 Å². The van der Waals surface area contributed by atoms with E-state index in [1.54, 1.807) is 29.1 Å². The first kappa shape index (κ1) is 16.6. The fourth-order valence-corrected chi connectivity index (χ4v) is 2.75. The standard InChI is InChI=1S/C18H15Cl2N3O/c1-12-4-2-5-13(10-12)18(24)22-16-8-9-21-23(16)11-14-6-3-7-15(19)17(14)20/h2-10H,11H2,1H3,(H,22,24). The summed E-state index contributed by atoms with van der Waals surface area (Å²) in [4.78, 5) is 12.4. The van der Waals surface area contributed by atoms with E-state index in [2.05, 4.69) is 10.4 Å². The molecule has 6 heteroatoms. The van der Waals surface area contributed by atoms with Crippen LogP contribution in [-0.2, 0) is 6.54 Å². The molecule has 1 amide bonds. The number of anilines is 1. The van der Waals surface area contributed by atoms with Gasteiger partial charge in [0.2, 0.25) is 0 Å². The molecule has 2 aromatic carbocycles. The van der Waals surface area contributed by atoms with Crippen molar-refractivity contribution in [2.75, 3.05) is 5.32 Å². The first-order chi connectivity index (χ1) is 11.5. The van der Waals surface area contributed by atoms with Crippen LogP contribution in [0.1, 0.15) is 21.5 Å². The van der Waals surface area contributed by atoms with E-state index < -0.39 is 0 Å². The molecule has 0 spiro atoms. The van der Waals surface area contributed by atoms with Crippen LogP contribution >= 0.6 is 23.2 Å². The zero-order valence-corrected chi connectivity index (χ0v) is 14.5. The Bertz CT molecular complexity index is 889. The molecule has 0 unspecified atom stereocenters. The molecule has 122 valence electrons. The lowest BCUT2D eigenvalue weighted by Gasteiger charge is -2.11. The molecule has 3 aromatic rings. The predicted octanol–water partition coefficient (Wildman–Crippen LogP) is 4.80. The van der Waals surface area contributed by atoms with Gasteiger partial charge in [0.1, 0.15) is 5.82 Å². The van der Waals surface area contributed by atoms with Crippen LogP contribution in [-0.4, -0.2) is 15.7 Å². The Kier molecular flexibility index (Phi) is 4.88. The average Bonchev–Trinajstić information content (AvgIpc) is 2.99. The maximum Gasteiger partial charge on any atom is 0.256 e. The van der Waals surface area contributed by atoms with Gasteiger partial charge in [0, 0.05) is 11.6 Å². The van der Waals surface area contributed by atoms with Crippen LogP contribution in [0.15, 0.2) is 54.7 Å². The number of nitrogens with one attached hydrogen (secondary N) is 1. The Morgan fingerprint density at radius 1 is 1.17 bits per heavy atom.